The molecule has 0 N–H and O–H groups in total. The first kappa shape index (κ1) is 57.6. The fourth-order valence-corrected chi connectivity index (χ4v) is 7.41. The molecule has 0 bridgehead atoms. The van der Waals surface area contributed by atoms with Crippen molar-refractivity contribution in [3.05, 3.63) is 36.5 Å². The van der Waals surface area contributed by atoms with Crippen LogP contribution in [0, 0.1) is 0 Å². The van der Waals surface area contributed by atoms with Crippen LogP contribution in [0.2, 0.25) is 0 Å². The number of esters is 3. The molecule has 0 saturated heterocycles. The third kappa shape index (κ3) is 46.7. The minimum atomic E-state index is -0.769. The summed E-state index contributed by atoms with van der Waals surface area (Å²) in [6, 6.07) is 0. The molecule has 0 heterocycles. The molecule has 0 fully saturated rings. The zero-order valence-electron chi connectivity index (χ0n) is 40.0. The maximum atomic E-state index is 12.7. The Hall–Kier alpha value is -2.37. The van der Waals surface area contributed by atoms with Crippen LogP contribution in [-0.4, -0.2) is 37.2 Å². The maximum absolute atomic E-state index is 12.7. The van der Waals surface area contributed by atoms with Crippen LogP contribution < -0.4 is 0 Å². The van der Waals surface area contributed by atoms with Crippen molar-refractivity contribution in [2.24, 2.45) is 0 Å². The van der Waals surface area contributed by atoms with E-state index in [-0.39, 0.29) is 31.1 Å². The van der Waals surface area contributed by atoms with E-state index in [1.54, 1.807) is 0 Å². The van der Waals surface area contributed by atoms with E-state index in [4.69, 9.17) is 14.2 Å². The smallest absolute Gasteiger partial charge is 0.306 e. The number of carbonyl (C=O) groups excluding carboxylic acids is 3. The van der Waals surface area contributed by atoms with Gasteiger partial charge in [0, 0.05) is 19.3 Å². The Morgan fingerprint density at radius 3 is 0.967 bits per heavy atom. The van der Waals surface area contributed by atoms with E-state index in [1.165, 1.54) is 154 Å². The third-order valence-electron chi connectivity index (χ3n) is 11.4. The Morgan fingerprint density at radius 2 is 0.600 bits per heavy atom. The number of rotatable bonds is 47. The van der Waals surface area contributed by atoms with Crippen molar-refractivity contribution >= 4 is 17.9 Å². The van der Waals surface area contributed by atoms with Gasteiger partial charge in [-0.05, 0) is 77.0 Å². The Labute approximate surface area is 372 Å². The van der Waals surface area contributed by atoms with E-state index in [0.29, 0.717) is 19.3 Å². The largest absolute Gasteiger partial charge is 0.462 e. The van der Waals surface area contributed by atoms with E-state index in [2.05, 4.69) is 57.2 Å². The van der Waals surface area contributed by atoms with E-state index in [0.717, 1.165) is 77.0 Å². The quantitative estimate of drug-likeness (QED) is 0.0263. The van der Waals surface area contributed by atoms with Gasteiger partial charge >= 0.3 is 17.9 Å². The molecule has 6 nitrogen and oxygen atoms in total. The van der Waals surface area contributed by atoms with Gasteiger partial charge in [0.1, 0.15) is 13.2 Å². The van der Waals surface area contributed by atoms with Gasteiger partial charge in [0.2, 0.25) is 0 Å². The van der Waals surface area contributed by atoms with Gasteiger partial charge in [0.25, 0.3) is 0 Å². The summed E-state index contributed by atoms with van der Waals surface area (Å²) in [6.07, 6.45) is 57.5. The molecule has 350 valence electrons. The summed E-state index contributed by atoms with van der Waals surface area (Å²) in [5.74, 6) is -0.892. The zero-order chi connectivity index (χ0) is 43.7. The lowest BCUT2D eigenvalue weighted by molar-refractivity contribution is -0.167. The Kier molecular flexibility index (Phi) is 47.3. The number of allylic oxidation sites excluding steroid dienone is 6. The summed E-state index contributed by atoms with van der Waals surface area (Å²) in [5.41, 5.74) is 0. The molecule has 0 aliphatic carbocycles. The third-order valence-corrected chi connectivity index (χ3v) is 11.4. The highest BCUT2D eigenvalue weighted by atomic mass is 16.6. The molecule has 0 radical (unpaired) electrons. The van der Waals surface area contributed by atoms with Crippen LogP contribution in [0.5, 0.6) is 0 Å². The molecular formula is C54H98O6. The van der Waals surface area contributed by atoms with Crippen molar-refractivity contribution in [1.29, 1.82) is 0 Å². The molecule has 0 aliphatic heterocycles. The lowest BCUT2D eigenvalue weighted by Gasteiger charge is -2.18. The molecular weight excluding hydrogens is 745 g/mol. The summed E-state index contributed by atoms with van der Waals surface area (Å²) in [6.45, 7) is 6.52. The fraction of sp³-hybridized carbons (Fsp3) is 0.833. The van der Waals surface area contributed by atoms with E-state index in [9.17, 15) is 14.4 Å². The minimum absolute atomic E-state index is 0.0743. The monoisotopic (exact) mass is 843 g/mol. The van der Waals surface area contributed by atoms with Crippen LogP contribution in [0.3, 0.4) is 0 Å². The molecule has 1 atom stereocenters. The van der Waals surface area contributed by atoms with Crippen LogP contribution in [-0.2, 0) is 28.6 Å². The average Bonchev–Trinajstić information content (AvgIpc) is 3.24. The van der Waals surface area contributed by atoms with Crippen LogP contribution in [0.4, 0.5) is 0 Å². The number of carbonyl (C=O) groups is 3. The predicted molar refractivity (Wildman–Crippen MR) is 256 cm³/mol. The molecule has 6 heteroatoms. The minimum Gasteiger partial charge on any atom is -0.462 e. The molecule has 0 aromatic heterocycles. The van der Waals surface area contributed by atoms with Crippen molar-refractivity contribution in [3.63, 3.8) is 0 Å². The lowest BCUT2D eigenvalue weighted by Crippen LogP contribution is -2.30. The van der Waals surface area contributed by atoms with Crippen LogP contribution in [0.25, 0.3) is 0 Å². The van der Waals surface area contributed by atoms with Crippen LogP contribution >= 0.6 is 0 Å². The molecule has 0 spiro atoms. The van der Waals surface area contributed by atoms with Gasteiger partial charge in [0.15, 0.2) is 6.10 Å². The van der Waals surface area contributed by atoms with Crippen molar-refractivity contribution in [1.82, 2.24) is 0 Å². The normalized spacial score (nSPS) is 12.2. The highest BCUT2D eigenvalue weighted by Crippen LogP contribution is 2.15. The van der Waals surface area contributed by atoms with E-state index >= 15 is 0 Å². The summed E-state index contributed by atoms with van der Waals surface area (Å²) < 4.78 is 16.6. The van der Waals surface area contributed by atoms with Crippen molar-refractivity contribution in [3.8, 4) is 0 Å². The lowest BCUT2D eigenvalue weighted by atomic mass is 10.0. The summed E-state index contributed by atoms with van der Waals surface area (Å²) in [7, 11) is 0. The maximum Gasteiger partial charge on any atom is 0.306 e. The Bertz CT molecular complexity index is 1020. The second-order valence-corrected chi connectivity index (χ2v) is 17.4. The molecule has 0 aliphatic rings. The van der Waals surface area contributed by atoms with Gasteiger partial charge in [0.05, 0.1) is 0 Å². The molecule has 0 saturated carbocycles. The molecule has 0 amide bonds. The number of ether oxygens (including phenoxy) is 3. The topological polar surface area (TPSA) is 78.9 Å². The highest BCUT2D eigenvalue weighted by Gasteiger charge is 2.19. The summed E-state index contributed by atoms with van der Waals surface area (Å²) in [4.78, 5) is 37.6. The standard InChI is InChI=1S/C54H98O6/c1-4-7-10-13-15-17-19-21-22-23-24-25-26-27-28-29-30-31-32-33-35-36-38-41-44-47-53(56)59-50-51(49-58-52(55)46-43-40-12-9-6-3)60-54(57)48-45-42-39-37-34-20-18-16-14-11-8-5-2/h16,18-19,21,23-24,51H,4-15,17,20,22,25-50H2,1-3H3/b18-16-,21-19-,24-23-. The first-order valence-electron chi connectivity index (χ1n) is 26.0. The summed E-state index contributed by atoms with van der Waals surface area (Å²) >= 11 is 0. The molecule has 0 rings (SSSR count). The SMILES string of the molecule is CCCCC/C=C\CCCCCCCC(=O)OC(COC(=O)CCCCCCC)COC(=O)CCCCCCCCCCCCCCC/C=C\C/C=C\CCCCCCC. The van der Waals surface area contributed by atoms with Crippen molar-refractivity contribution in [2.45, 2.75) is 277 Å². The molecule has 60 heavy (non-hydrogen) atoms. The van der Waals surface area contributed by atoms with Gasteiger partial charge in [-0.2, -0.15) is 0 Å². The number of hydrogen-bond donors (Lipinski definition) is 0. The van der Waals surface area contributed by atoms with E-state index in [1.807, 2.05) is 0 Å². The van der Waals surface area contributed by atoms with Crippen LogP contribution in [0.15, 0.2) is 36.5 Å². The summed E-state index contributed by atoms with van der Waals surface area (Å²) in [5, 5.41) is 0. The molecule has 0 aromatic rings. The molecule has 0 aromatic carbocycles. The van der Waals surface area contributed by atoms with Crippen molar-refractivity contribution < 1.29 is 28.6 Å². The van der Waals surface area contributed by atoms with Crippen LogP contribution in [0.1, 0.15) is 271 Å². The first-order valence-corrected chi connectivity index (χ1v) is 26.0. The Morgan fingerprint density at radius 1 is 0.333 bits per heavy atom. The first-order chi connectivity index (χ1) is 29.5. The number of unbranched alkanes of at least 4 members (excludes halogenated alkanes) is 30. The average molecular weight is 843 g/mol. The second kappa shape index (κ2) is 49.3. The zero-order valence-corrected chi connectivity index (χ0v) is 40.0. The number of hydrogen-bond acceptors (Lipinski definition) is 6. The second-order valence-electron chi connectivity index (χ2n) is 17.4. The fourth-order valence-electron chi connectivity index (χ4n) is 7.41. The van der Waals surface area contributed by atoms with E-state index < -0.39 is 6.10 Å². The predicted octanol–water partition coefficient (Wildman–Crippen LogP) is 16.9. The van der Waals surface area contributed by atoms with Gasteiger partial charge in [-0.3, -0.25) is 14.4 Å². The van der Waals surface area contributed by atoms with Gasteiger partial charge in [-0.15, -0.1) is 0 Å². The highest BCUT2D eigenvalue weighted by molar-refractivity contribution is 5.71. The van der Waals surface area contributed by atoms with Gasteiger partial charge in [-0.1, -0.05) is 211 Å². The Balaban J connectivity index is 4.03. The van der Waals surface area contributed by atoms with Crippen molar-refractivity contribution in [2.75, 3.05) is 13.2 Å². The van der Waals surface area contributed by atoms with Gasteiger partial charge in [-0.25, -0.2) is 0 Å². The van der Waals surface area contributed by atoms with Gasteiger partial charge < -0.3 is 14.2 Å². The molecule has 1 unspecified atom stereocenters.